The summed E-state index contributed by atoms with van der Waals surface area (Å²) >= 11 is 0. The molecule has 1 saturated heterocycles. The van der Waals surface area contributed by atoms with Gasteiger partial charge in [0.1, 0.15) is 5.82 Å². The van der Waals surface area contributed by atoms with Crippen molar-refractivity contribution in [3.8, 4) is 0 Å². The topological polar surface area (TPSA) is 103 Å². The number of pyridine rings is 1. The fraction of sp³-hybridized carbons (Fsp3) is 0.333. The van der Waals surface area contributed by atoms with Crippen molar-refractivity contribution in [2.24, 2.45) is 5.92 Å². The fourth-order valence-corrected chi connectivity index (χ4v) is 4.64. The Morgan fingerprint density at radius 3 is 2.23 bits per heavy atom. The Bertz CT molecular complexity index is 1290. The smallest absolute Gasteiger partial charge is 0.336 e. The quantitative estimate of drug-likeness (QED) is 0.518. The Hall–Kier alpha value is -3.94. The molecule has 0 unspecified atom stereocenters. The predicted molar refractivity (Wildman–Crippen MR) is 136 cm³/mol. The number of amides is 1. The number of benzene rings is 2. The molecule has 1 aliphatic heterocycles. The number of aromatic nitrogens is 1. The first-order valence-corrected chi connectivity index (χ1v) is 12.0. The largest absolute Gasteiger partial charge is 0.478 e. The molecule has 3 aromatic rings. The minimum absolute atomic E-state index is 0.00846. The van der Waals surface area contributed by atoms with Gasteiger partial charge in [-0.25, -0.2) is 9.78 Å². The third-order valence-corrected chi connectivity index (χ3v) is 7.01. The summed E-state index contributed by atoms with van der Waals surface area (Å²) in [7, 11) is 0. The highest BCUT2D eigenvalue weighted by molar-refractivity contribution is 6.05. The monoisotopic (exact) mass is 472 g/mol. The van der Waals surface area contributed by atoms with Gasteiger partial charge in [-0.15, -0.1) is 0 Å². The first-order valence-electron chi connectivity index (χ1n) is 12.0. The molecule has 2 N–H and O–H groups in total. The van der Waals surface area contributed by atoms with Gasteiger partial charge < -0.3 is 20.2 Å². The van der Waals surface area contributed by atoms with Crippen molar-refractivity contribution in [3.05, 3.63) is 59.7 Å². The molecule has 0 radical (unpaired) electrons. The molecule has 2 fully saturated rings. The highest BCUT2D eigenvalue weighted by Gasteiger charge is 2.26. The molecular formula is C27H28N4O4. The lowest BCUT2D eigenvalue weighted by atomic mass is 9.85. The van der Waals surface area contributed by atoms with Crippen molar-refractivity contribution in [1.29, 1.82) is 0 Å². The van der Waals surface area contributed by atoms with Gasteiger partial charge in [0.15, 0.2) is 5.78 Å². The molecule has 1 aromatic heterocycles. The molecule has 8 heteroatoms. The molecule has 8 nitrogen and oxygen atoms in total. The van der Waals surface area contributed by atoms with E-state index in [-0.39, 0.29) is 23.2 Å². The number of Topliss-reactive ketones (excluding diaryl/α,β-unsaturated/α-hetero) is 1. The van der Waals surface area contributed by atoms with Crippen LogP contribution in [0.4, 0.5) is 17.2 Å². The zero-order chi connectivity index (χ0) is 24.5. The maximum absolute atomic E-state index is 12.3. The number of piperazine rings is 1. The summed E-state index contributed by atoms with van der Waals surface area (Å²) in [5.41, 5.74) is 3.11. The second kappa shape index (κ2) is 9.37. The number of hydrogen-bond acceptors (Lipinski definition) is 6. The Morgan fingerprint density at radius 1 is 0.943 bits per heavy atom. The lowest BCUT2D eigenvalue weighted by Gasteiger charge is -2.37. The normalized spacial score (nSPS) is 16.1. The zero-order valence-corrected chi connectivity index (χ0v) is 19.7. The average Bonchev–Trinajstić information content (AvgIpc) is 2.82. The number of carbonyl (C=O) groups excluding carboxylic acids is 2. The Balaban J connectivity index is 1.33. The third-order valence-electron chi connectivity index (χ3n) is 7.01. The van der Waals surface area contributed by atoms with Crippen molar-refractivity contribution in [3.63, 3.8) is 0 Å². The van der Waals surface area contributed by atoms with Crippen molar-refractivity contribution in [2.45, 2.75) is 26.2 Å². The van der Waals surface area contributed by atoms with Crippen LogP contribution >= 0.6 is 0 Å². The highest BCUT2D eigenvalue weighted by Crippen LogP contribution is 2.30. The summed E-state index contributed by atoms with van der Waals surface area (Å²) in [5, 5.41) is 13.3. The number of carboxylic acid groups (broad SMARTS) is 1. The lowest BCUT2D eigenvalue weighted by Crippen LogP contribution is -2.46. The number of anilines is 3. The van der Waals surface area contributed by atoms with Crippen LogP contribution < -0.4 is 15.1 Å². The number of carboxylic acids is 1. The molecule has 0 atom stereocenters. The first-order chi connectivity index (χ1) is 16.9. The summed E-state index contributed by atoms with van der Waals surface area (Å²) in [5.74, 6) is -0.300. The molecule has 180 valence electrons. The number of ketones is 1. The molecule has 5 rings (SSSR count). The number of fused-ring (bicyclic) bond motifs is 1. The Labute approximate surface area is 203 Å². The van der Waals surface area contributed by atoms with Crippen molar-refractivity contribution < 1.29 is 19.5 Å². The molecule has 0 spiro atoms. The van der Waals surface area contributed by atoms with Crippen LogP contribution in [0.2, 0.25) is 0 Å². The van der Waals surface area contributed by atoms with Crippen molar-refractivity contribution in [2.75, 3.05) is 41.3 Å². The van der Waals surface area contributed by atoms with Gasteiger partial charge in [0, 0.05) is 54.4 Å². The zero-order valence-electron chi connectivity index (χ0n) is 19.7. The number of nitrogens with zero attached hydrogens (tertiary/aromatic N) is 3. The molecule has 2 heterocycles. The second-order valence-electron chi connectivity index (χ2n) is 9.26. The van der Waals surface area contributed by atoms with Gasteiger partial charge in [-0.1, -0.05) is 6.42 Å². The first kappa shape index (κ1) is 22.8. The van der Waals surface area contributed by atoms with Gasteiger partial charge in [-0.2, -0.15) is 0 Å². The minimum atomic E-state index is -1.02. The van der Waals surface area contributed by atoms with Crippen LogP contribution in [0.25, 0.3) is 10.9 Å². The van der Waals surface area contributed by atoms with E-state index in [4.69, 9.17) is 4.98 Å². The van der Waals surface area contributed by atoms with E-state index in [2.05, 4.69) is 15.1 Å². The number of carbonyl (C=O) groups is 3. The summed E-state index contributed by atoms with van der Waals surface area (Å²) in [4.78, 5) is 45.0. The molecular weight excluding hydrogens is 444 g/mol. The van der Waals surface area contributed by atoms with E-state index in [0.29, 0.717) is 41.1 Å². The standard InChI is InChI=1S/C27H28N4O4/c1-17(32)18-5-8-21(9-6-18)30-11-13-31(14-12-30)25-16-23(27(34)35)22-15-20(7-10-24(22)29-25)28-26(33)19-3-2-4-19/h5-10,15-16,19H,2-4,11-14H2,1H3,(H,28,33)(H,34,35). The third kappa shape index (κ3) is 4.69. The molecule has 2 aliphatic rings. The highest BCUT2D eigenvalue weighted by atomic mass is 16.4. The summed E-state index contributed by atoms with van der Waals surface area (Å²) in [6.07, 6.45) is 2.88. The van der Waals surface area contributed by atoms with E-state index in [9.17, 15) is 19.5 Å². The van der Waals surface area contributed by atoms with E-state index in [1.165, 1.54) is 0 Å². The number of aromatic carboxylic acids is 1. The average molecular weight is 473 g/mol. The van der Waals surface area contributed by atoms with Crippen LogP contribution in [0.1, 0.15) is 46.9 Å². The van der Waals surface area contributed by atoms with E-state index in [1.807, 2.05) is 24.3 Å². The summed E-state index contributed by atoms with van der Waals surface area (Å²) in [6, 6.07) is 14.5. The van der Waals surface area contributed by atoms with E-state index in [0.717, 1.165) is 38.0 Å². The van der Waals surface area contributed by atoms with Crippen LogP contribution in [0.15, 0.2) is 48.5 Å². The molecule has 1 aliphatic carbocycles. The van der Waals surface area contributed by atoms with E-state index >= 15 is 0 Å². The van der Waals surface area contributed by atoms with Crippen LogP contribution in [0, 0.1) is 5.92 Å². The van der Waals surface area contributed by atoms with Gasteiger partial charge >= 0.3 is 5.97 Å². The fourth-order valence-electron chi connectivity index (χ4n) is 4.64. The van der Waals surface area contributed by atoms with Gasteiger partial charge in [0.25, 0.3) is 0 Å². The van der Waals surface area contributed by atoms with Gasteiger partial charge in [0.2, 0.25) is 5.91 Å². The number of nitrogens with one attached hydrogen (secondary N) is 1. The number of rotatable bonds is 6. The van der Waals surface area contributed by atoms with Gasteiger partial charge in [-0.05, 0) is 68.3 Å². The van der Waals surface area contributed by atoms with Crippen molar-refractivity contribution >= 4 is 45.8 Å². The van der Waals surface area contributed by atoms with Gasteiger partial charge in [0.05, 0.1) is 11.1 Å². The van der Waals surface area contributed by atoms with E-state index < -0.39 is 5.97 Å². The second-order valence-corrected chi connectivity index (χ2v) is 9.26. The van der Waals surface area contributed by atoms with Crippen molar-refractivity contribution in [1.82, 2.24) is 4.98 Å². The van der Waals surface area contributed by atoms with Crippen LogP contribution in [-0.4, -0.2) is 53.9 Å². The lowest BCUT2D eigenvalue weighted by molar-refractivity contribution is -0.122. The Kier molecular flexibility index (Phi) is 6.11. The van der Waals surface area contributed by atoms with Crippen LogP contribution in [0.5, 0.6) is 0 Å². The maximum Gasteiger partial charge on any atom is 0.336 e. The number of hydrogen-bond donors (Lipinski definition) is 2. The molecule has 1 amide bonds. The van der Waals surface area contributed by atoms with Crippen LogP contribution in [-0.2, 0) is 4.79 Å². The molecule has 2 aromatic carbocycles. The SMILES string of the molecule is CC(=O)c1ccc(N2CCN(c3cc(C(=O)O)c4cc(NC(=O)C5CCC5)ccc4n3)CC2)cc1. The minimum Gasteiger partial charge on any atom is -0.478 e. The summed E-state index contributed by atoms with van der Waals surface area (Å²) in [6.45, 7) is 4.46. The molecule has 0 bridgehead atoms. The van der Waals surface area contributed by atoms with Gasteiger partial charge in [-0.3, -0.25) is 9.59 Å². The Morgan fingerprint density at radius 2 is 1.63 bits per heavy atom. The molecule has 35 heavy (non-hydrogen) atoms. The summed E-state index contributed by atoms with van der Waals surface area (Å²) < 4.78 is 0. The molecule has 1 saturated carbocycles. The maximum atomic E-state index is 12.3. The van der Waals surface area contributed by atoms with Crippen LogP contribution in [0.3, 0.4) is 0 Å². The van der Waals surface area contributed by atoms with E-state index in [1.54, 1.807) is 31.2 Å². The predicted octanol–water partition coefficient (Wildman–Crippen LogP) is 4.20.